The number of thiazole rings is 1. The third-order valence-electron chi connectivity index (χ3n) is 5.78. The van der Waals surface area contributed by atoms with E-state index in [1.54, 1.807) is 11.3 Å². The van der Waals surface area contributed by atoms with Crippen LogP contribution in [0.25, 0.3) is 21.4 Å². The Morgan fingerprint density at radius 1 is 0.933 bits per heavy atom. The average Bonchev–Trinajstić information content (AvgIpc) is 3.54. The Hall–Kier alpha value is -2.78. The summed E-state index contributed by atoms with van der Waals surface area (Å²) in [6.45, 7) is 5.78. The minimum absolute atomic E-state index is 0.662. The van der Waals surface area contributed by atoms with Crippen LogP contribution in [0, 0.1) is 0 Å². The lowest BCUT2D eigenvalue weighted by Crippen LogP contribution is -2.37. The van der Waals surface area contributed by atoms with Crippen LogP contribution in [-0.2, 0) is 11.3 Å². The number of aromatic nitrogens is 5. The van der Waals surface area contributed by atoms with Gasteiger partial charge in [-0.25, -0.2) is 9.97 Å². The molecule has 2 fully saturated rings. The third kappa shape index (κ3) is 3.18. The molecule has 0 N–H and O–H groups in total. The van der Waals surface area contributed by atoms with Crippen molar-refractivity contribution in [3.8, 4) is 0 Å². The number of fused-ring (bicyclic) bond motifs is 2. The van der Waals surface area contributed by atoms with Crippen LogP contribution in [0.15, 0.2) is 30.6 Å². The number of morpholine rings is 1. The van der Waals surface area contributed by atoms with Gasteiger partial charge in [0, 0.05) is 26.2 Å². The van der Waals surface area contributed by atoms with Crippen molar-refractivity contribution in [2.45, 2.75) is 19.4 Å². The van der Waals surface area contributed by atoms with Crippen LogP contribution >= 0.6 is 11.3 Å². The Labute approximate surface area is 178 Å². The van der Waals surface area contributed by atoms with Gasteiger partial charge < -0.3 is 19.1 Å². The lowest BCUT2D eigenvalue weighted by Gasteiger charge is -2.28. The number of imidazole rings is 1. The molecule has 30 heavy (non-hydrogen) atoms. The minimum Gasteiger partial charge on any atom is -0.378 e. The lowest BCUT2D eigenvalue weighted by atomic mass is 10.3. The molecule has 0 spiro atoms. The van der Waals surface area contributed by atoms with E-state index in [9.17, 15) is 0 Å². The van der Waals surface area contributed by atoms with E-state index in [0.29, 0.717) is 19.8 Å². The fourth-order valence-electron chi connectivity index (χ4n) is 4.22. The van der Waals surface area contributed by atoms with Crippen LogP contribution in [0.1, 0.15) is 17.8 Å². The Kier molecular flexibility index (Phi) is 4.49. The molecule has 154 valence electrons. The fourth-order valence-corrected chi connectivity index (χ4v) is 5.19. The summed E-state index contributed by atoms with van der Waals surface area (Å²) in [6.07, 6.45) is 4.28. The van der Waals surface area contributed by atoms with Crippen LogP contribution in [0.5, 0.6) is 0 Å². The van der Waals surface area contributed by atoms with Crippen molar-refractivity contribution in [3.05, 3.63) is 35.6 Å². The standard InChI is InChI=1S/C21H23N7OS/c1-2-6-16-15(5-1)23-17(30-16)13-28-14-22-18-19(26-7-3-4-8-26)24-21(25-20(18)28)27-9-11-29-12-10-27/h1-2,5-6,14H,3-4,7-13H2. The third-order valence-corrected chi connectivity index (χ3v) is 6.80. The van der Waals surface area contributed by atoms with Crippen molar-refractivity contribution in [3.63, 3.8) is 0 Å². The van der Waals surface area contributed by atoms with Gasteiger partial charge in [-0.15, -0.1) is 11.3 Å². The van der Waals surface area contributed by atoms with Gasteiger partial charge in [0.15, 0.2) is 17.0 Å². The van der Waals surface area contributed by atoms with Crippen LogP contribution in [0.3, 0.4) is 0 Å². The van der Waals surface area contributed by atoms with Gasteiger partial charge in [0.05, 0.1) is 36.3 Å². The molecule has 0 aliphatic carbocycles. The molecule has 3 aromatic heterocycles. The van der Waals surface area contributed by atoms with Crippen molar-refractivity contribution < 1.29 is 4.74 Å². The van der Waals surface area contributed by atoms with E-state index in [1.807, 2.05) is 12.4 Å². The Bertz CT molecular complexity index is 1160. The molecule has 2 saturated heterocycles. The zero-order valence-electron chi connectivity index (χ0n) is 16.7. The molecule has 8 nitrogen and oxygen atoms in total. The number of para-hydroxylation sites is 1. The molecular formula is C21H23N7OS. The number of rotatable bonds is 4. The largest absolute Gasteiger partial charge is 0.378 e. The molecule has 1 aromatic carbocycles. The fraction of sp³-hybridized carbons (Fsp3) is 0.429. The van der Waals surface area contributed by atoms with E-state index in [2.05, 4.69) is 32.6 Å². The summed E-state index contributed by atoms with van der Waals surface area (Å²) in [6, 6.07) is 8.27. The number of benzene rings is 1. The highest BCUT2D eigenvalue weighted by Crippen LogP contribution is 2.30. The predicted molar refractivity (Wildman–Crippen MR) is 119 cm³/mol. The van der Waals surface area contributed by atoms with Gasteiger partial charge in [0.25, 0.3) is 0 Å². The van der Waals surface area contributed by atoms with Gasteiger partial charge in [-0.1, -0.05) is 12.1 Å². The summed E-state index contributed by atoms with van der Waals surface area (Å²) in [7, 11) is 0. The van der Waals surface area contributed by atoms with Crippen molar-refractivity contribution in [1.29, 1.82) is 0 Å². The van der Waals surface area contributed by atoms with E-state index >= 15 is 0 Å². The second-order valence-electron chi connectivity index (χ2n) is 7.76. The highest BCUT2D eigenvalue weighted by Gasteiger charge is 2.24. The highest BCUT2D eigenvalue weighted by atomic mass is 32.1. The molecule has 0 bridgehead atoms. The molecule has 0 atom stereocenters. The number of anilines is 2. The molecular weight excluding hydrogens is 398 g/mol. The first kappa shape index (κ1) is 18.0. The molecule has 6 rings (SSSR count). The van der Waals surface area contributed by atoms with E-state index in [0.717, 1.165) is 59.6 Å². The Morgan fingerprint density at radius 3 is 2.60 bits per heavy atom. The van der Waals surface area contributed by atoms with Crippen LogP contribution in [0.4, 0.5) is 11.8 Å². The van der Waals surface area contributed by atoms with Gasteiger partial charge >= 0.3 is 0 Å². The number of nitrogens with zero attached hydrogens (tertiary/aromatic N) is 7. The van der Waals surface area contributed by atoms with E-state index in [1.165, 1.54) is 17.5 Å². The number of hydrogen-bond acceptors (Lipinski definition) is 8. The number of hydrogen-bond donors (Lipinski definition) is 0. The molecule has 0 unspecified atom stereocenters. The smallest absolute Gasteiger partial charge is 0.229 e. The molecule has 2 aliphatic heterocycles. The van der Waals surface area contributed by atoms with Crippen molar-refractivity contribution >= 4 is 44.5 Å². The molecule has 0 amide bonds. The van der Waals surface area contributed by atoms with Gasteiger partial charge in [-0.3, -0.25) is 0 Å². The maximum atomic E-state index is 5.52. The second-order valence-corrected chi connectivity index (χ2v) is 8.88. The second kappa shape index (κ2) is 7.48. The van der Waals surface area contributed by atoms with Crippen LogP contribution in [0.2, 0.25) is 0 Å². The first-order chi connectivity index (χ1) is 14.8. The van der Waals surface area contributed by atoms with Gasteiger partial charge in [0.2, 0.25) is 5.95 Å². The van der Waals surface area contributed by atoms with Crippen LogP contribution in [-0.4, -0.2) is 63.9 Å². The normalized spacial score (nSPS) is 17.5. The summed E-state index contributed by atoms with van der Waals surface area (Å²) >= 11 is 1.73. The summed E-state index contributed by atoms with van der Waals surface area (Å²) in [4.78, 5) is 24.0. The zero-order chi connectivity index (χ0) is 19.9. The molecule has 4 aromatic rings. The summed E-state index contributed by atoms with van der Waals surface area (Å²) in [5.74, 6) is 1.74. The predicted octanol–water partition coefficient (Wildman–Crippen LogP) is 2.92. The molecule has 5 heterocycles. The van der Waals surface area contributed by atoms with Gasteiger partial charge in [-0.2, -0.15) is 9.97 Å². The first-order valence-electron chi connectivity index (χ1n) is 10.5. The molecule has 0 saturated carbocycles. The summed E-state index contributed by atoms with van der Waals surface area (Å²) in [5, 5.41) is 1.06. The maximum Gasteiger partial charge on any atom is 0.229 e. The molecule has 9 heteroatoms. The van der Waals surface area contributed by atoms with E-state index in [-0.39, 0.29) is 0 Å². The SMILES string of the molecule is c1ccc2sc(Cn3cnc4c(N5CCCC5)nc(N5CCOCC5)nc43)nc2c1. The summed E-state index contributed by atoms with van der Waals surface area (Å²) in [5.41, 5.74) is 2.81. The molecule has 2 aliphatic rings. The molecule has 0 radical (unpaired) electrons. The average molecular weight is 422 g/mol. The monoisotopic (exact) mass is 421 g/mol. The topological polar surface area (TPSA) is 72.2 Å². The maximum absolute atomic E-state index is 5.52. The van der Waals surface area contributed by atoms with E-state index < -0.39 is 0 Å². The van der Waals surface area contributed by atoms with E-state index in [4.69, 9.17) is 24.7 Å². The lowest BCUT2D eigenvalue weighted by molar-refractivity contribution is 0.122. The summed E-state index contributed by atoms with van der Waals surface area (Å²) < 4.78 is 8.84. The van der Waals surface area contributed by atoms with Crippen molar-refractivity contribution in [1.82, 2.24) is 24.5 Å². The van der Waals surface area contributed by atoms with Crippen molar-refractivity contribution in [2.24, 2.45) is 0 Å². The quantitative estimate of drug-likeness (QED) is 0.502. The highest BCUT2D eigenvalue weighted by molar-refractivity contribution is 7.18. The Balaban J connectivity index is 1.43. The van der Waals surface area contributed by atoms with Crippen molar-refractivity contribution in [2.75, 3.05) is 49.2 Å². The van der Waals surface area contributed by atoms with Gasteiger partial charge in [-0.05, 0) is 25.0 Å². The van der Waals surface area contributed by atoms with Gasteiger partial charge in [0.1, 0.15) is 5.01 Å². The Morgan fingerprint density at radius 2 is 1.77 bits per heavy atom. The minimum atomic E-state index is 0.662. The number of ether oxygens (including phenoxy) is 1. The zero-order valence-corrected chi connectivity index (χ0v) is 17.5. The van der Waals surface area contributed by atoms with Crippen LogP contribution < -0.4 is 9.80 Å². The first-order valence-corrected chi connectivity index (χ1v) is 11.3.